The lowest BCUT2D eigenvalue weighted by Gasteiger charge is -2.14. The fraction of sp³-hybridized carbons (Fsp3) is 0.583. The van der Waals surface area contributed by atoms with Gasteiger partial charge in [0.1, 0.15) is 0 Å². The van der Waals surface area contributed by atoms with Crippen molar-refractivity contribution < 1.29 is 5.11 Å². The van der Waals surface area contributed by atoms with E-state index in [0.29, 0.717) is 0 Å². The van der Waals surface area contributed by atoms with E-state index < -0.39 is 0 Å². The summed E-state index contributed by atoms with van der Waals surface area (Å²) in [6.07, 6.45) is 2.56. The highest BCUT2D eigenvalue weighted by Gasteiger charge is 2.20. The minimum Gasteiger partial charge on any atom is -0.392 e. The van der Waals surface area contributed by atoms with Crippen molar-refractivity contribution >= 4 is 5.69 Å². The molecular weight excluding hydrogens is 202 g/mol. The van der Waals surface area contributed by atoms with E-state index in [-0.39, 0.29) is 6.10 Å². The van der Waals surface area contributed by atoms with E-state index in [1.165, 1.54) is 0 Å². The van der Waals surface area contributed by atoms with Crippen LogP contribution >= 0.6 is 0 Å². The largest absolute Gasteiger partial charge is 0.392 e. The fourth-order valence-corrected chi connectivity index (χ4v) is 2.06. The summed E-state index contributed by atoms with van der Waals surface area (Å²) in [5.74, 6) is 0. The van der Waals surface area contributed by atoms with Crippen molar-refractivity contribution in [3.05, 3.63) is 24.0 Å². The number of β-amino-alcohol motifs (C(OH)–C–C–N with tert-alkyl or cyclic N) is 1. The van der Waals surface area contributed by atoms with Gasteiger partial charge in [-0.15, -0.1) is 0 Å². The highest BCUT2D eigenvalue weighted by atomic mass is 16.3. The number of pyridine rings is 1. The highest BCUT2D eigenvalue weighted by Crippen LogP contribution is 2.14. The highest BCUT2D eigenvalue weighted by molar-refractivity contribution is 5.42. The molecule has 0 bridgehead atoms. The lowest BCUT2D eigenvalue weighted by atomic mass is 10.3. The van der Waals surface area contributed by atoms with Gasteiger partial charge in [-0.05, 0) is 25.5 Å². The van der Waals surface area contributed by atoms with Gasteiger partial charge in [-0.2, -0.15) is 0 Å². The minimum atomic E-state index is -0.156. The van der Waals surface area contributed by atoms with Crippen LogP contribution in [0.15, 0.2) is 18.3 Å². The average Bonchev–Trinajstić information content (AvgIpc) is 2.65. The van der Waals surface area contributed by atoms with E-state index in [9.17, 15) is 5.11 Å². The first-order valence-corrected chi connectivity index (χ1v) is 5.87. The maximum atomic E-state index is 9.44. The number of nitrogens with one attached hydrogen (secondary N) is 1. The molecule has 0 aromatic carbocycles. The summed E-state index contributed by atoms with van der Waals surface area (Å²) in [5.41, 5.74) is 2.18. The summed E-state index contributed by atoms with van der Waals surface area (Å²) < 4.78 is 0. The Morgan fingerprint density at radius 3 is 3.19 bits per heavy atom. The third kappa shape index (κ3) is 2.93. The molecule has 0 spiro atoms. The summed E-state index contributed by atoms with van der Waals surface area (Å²) in [5, 5.41) is 12.7. The first-order chi connectivity index (χ1) is 7.78. The van der Waals surface area contributed by atoms with E-state index in [1.807, 2.05) is 12.3 Å². The maximum absolute atomic E-state index is 9.44. The summed E-state index contributed by atoms with van der Waals surface area (Å²) >= 11 is 0. The van der Waals surface area contributed by atoms with Gasteiger partial charge in [0, 0.05) is 38.1 Å². The van der Waals surface area contributed by atoms with Crippen molar-refractivity contribution in [2.45, 2.75) is 26.0 Å². The zero-order valence-corrected chi connectivity index (χ0v) is 9.69. The van der Waals surface area contributed by atoms with Crippen molar-refractivity contribution in [3.63, 3.8) is 0 Å². The number of hydrogen-bond donors (Lipinski definition) is 2. The molecule has 2 heterocycles. The molecule has 88 valence electrons. The number of aliphatic hydroxyl groups is 1. The van der Waals surface area contributed by atoms with Crippen molar-refractivity contribution in [1.29, 1.82) is 0 Å². The number of likely N-dealkylation sites (tertiary alicyclic amines) is 1. The zero-order chi connectivity index (χ0) is 11.4. The average molecular weight is 221 g/mol. The predicted molar refractivity (Wildman–Crippen MR) is 64.3 cm³/mol. The third-order valence-electron chi connectivity index (χ3n) is 2.83. The molecule has 16 heavy (non-hydrogen) atoms. The van der Waals surface area contributed by atoms with Crippen LogP contribution in [0.2, 0.25) is 0 Å². The Morgan fingerprint density at radius 2 is 2.50 bits per heavy atom. The molecule has 2 rings (SSSR count). The molecule has 0 radical (unpaired) electrons. The zero-order valence-electron chi connectivity index (χ0n) is 9.69. The summed E-state index contributed by atoms with van der Waals surface area (Å²) in [4.78, 5) is 6.59. The molecule has 1 aromatic heterocycles. The Labute approximate surface area is 96.3 Å². The number of aromatic nitrogens is 1. The van der Waals surface area contributed by atoms with E-state index in [1.54, 1.807) is 0 Å². The van der Waals surface area contributed by atoms with E-state index in [4.69, 9.17) is 0 Å². The number of anilines is 1. The molecular formula is C12H19N3O. The van der Waals surface area contributed by atoms with E-state index >= 15 is 0 Å². The molecule has 4 nitrogen and oxygen atoms in total. The molecule has 1 fully saturated rings. The van der Waals surface area contributed by atoms with Crippen molar-refractivity contribution in [3.8, 4) is 0 Å². The second-order valence-electron chi connectivity index (χ2n) is 4.24. The number of aliphatic hydroxyl groups excluding tert-OH is 1. The first-order valence-electron chi connectivity index (χ1n) is 5.87. The molecule has 1 saturated heterocycles. The summed E-state index contributed by atoms with van der Waals surface area (Å²) in [6, 6.07) is 4.06. The molecule has 1 aromatic rings. The van der Waals surface area contributed by atoms with Gasteiger partial charge in [-0.3, -0.25) is 9.88 Å². The van der Waals surface area contributed by atoms with Crippen LogP contribution in [0.25, 0.3) is 0 Å². The van der Waals surface area contributed by atoms with Gasteiger partial charge in [0.25, 0.3) is 0 Å². The Morgan fingerprint density at radius 1 is 1.62 bits per heavy atom. The molecule has 4 heteroatoms. The SMILES string of the molecule is CCNc1ccnc(CN2CCC(O)C2)c1. The number of hydrogen-bond acceptors (Lipinski definition) is 4. The van der Waals surface area contributed by atoms with Gasteiger partial charge < -0.3 is 10.4 Å². The summed E-state index contributed by atoms with van der Waals surface area (Å²) in [7, 11) is 0. The lowest BCUT2D eigenvalue weighted by Crippen LogP contribution is -2.22. The topological polar surface area (TPSA) is 48.4 Å². The fourth-order valence-electron chi connectivity index (χ4n) is 2.06. The van der Waals surface area contributed by atoms with Gasteiger partial charge in [-0.1, -0.05) is 0 Å². The molecule has 1 aliphatic heterocycles. The van der Waals surface area contributed by atoms with Gasteiger partial charge >= 0.3 is 0 Å². The van der Waals surface area contributed by atoms with Crippen molar-refractivity contribution in [2.24, 2.45) is 0 Å². The molecule has 1 atom stereocenters. The van der Waals surface area contributed by atoms with Gasteiger partial charge in [-0.25, -0.2) is 0 Å². The van der Waals surface area contributed by atoms with Crippen LogP contribution in [0.3, 0.4) is 0 Å². The molecule has 0 aliphatic carbocycles. The van der Waals surface area contributed by atoms with E-state index in [0.717, 1.165) is 44.0 Å². The van der Waals surface area contributed by atoms with Gasteiger partial charge in [0.2, 0.25) is 0 Å². The van der Waals surface area contributed by atoms with Crippen LogP contribution in [0.4, 0.5) is 5.69 Å². The molecule has 0 saturated carbocycles. The number of nitrogens with zero attached hydrogens (tertiary/aromatic N) is 2. The molecule has 1 unspecified atom stereocenters. The Hall–Kier alpha value is -1.13. The lowest BCUT2D eigenvalue weighted by molar-refractivity contribution is 0.174. The van der Waals surface area contributed by atoms with Crippen molar-refractivity contribution in [1.82, 2.24) is 9.88 Å². The van der Waals surface area contributed by atoms with Crippen LogP contribution in [-0.2, 0) is 6.54 Å². The monoisotopic (exact) mass is 221 g/mol. The van der Waals surface area contributed by atoms with Crippen molar-refractivity contribution in [2.75, 3.05) is 25.0 Å². The van der Waals surface area contributed by atoms with E-state index in [2.05, 4.69) is 28.2 Å². The third-order valence-corrected chi connectivity index (χ3v) is 2.83. The Kier molecular flexibility index (Phi) is 3.74. The quantitative estimate of drug-likeness (QED) is 0.799. The summed E-state index contributed by atoms with van der Waals surface area (Å²) in [6.45, 7) is 5.57. The van der Waals surface area contributed by atoms with Crippen LogP contribution in [0, 0.1) is 0 Å². The predicted octanol–water partition coefficient (Wildman–Crippen LogP) is 1.08. The van der Waals surface area contributed by atoms with Crippen LogP contribution in [-0.4, -0.2) is 40.7 Å². The first kappa shape index (κ1) is 11.4. The van der Waals surface area contributed by atoms with Crippen LogP contribution in [0.1, 0.15) is 19.0 Å². The second kappa shape index (κ2) is 5.27. The molecule has 0 amide bonds. The molecule has 2 N–H and O–H groups in total. The normalized spacial score (nSPS) is 21.2. The smallest absolute Gasteiger partial charge is 0.0679 e. The Balaban J connectivity index is 1.95. The maximum Gasteiger partial charge on any atom is 0.0679 e. The van der Waals surface area contributed by atoms with Crippen LogP contribution in [0.5, 0.6) is 0 Å². The van der Waals surface area contributed by atoms with Gasteiger partial charge in [0.05, 0.1) is 11.8 Å². The minimum absolute atomic E-state index is 0.156. The molecule has 1 aliphatic rings. The van der Waals surface area contributed by atoms with Gasteiger partial charge in [0.15, 0.2) is 0 Å². The standard InChI is InChI=1S/C12H19N3O/c1-2-13-10-3-5-14-11(7-10)8-15-6-4-12(16)9-15/h3,5,7,12,16H,2,4,6,8-9H2,1H3,(H,13,14). The Bertz CT molecular complexity index is 343. The van der Waals surface area contributed by atoms with Crippen LogP contribution < -0.4 is 5.32 Å². The second-order valence-corrected chi connectivity index (χ2v) is 4.24. The number of rotatable bonds is 4.